The summed E-state index contributed by atoms with van der Waals surface area (Å²) in [4.78, 5) is 12.1. The van der Waals surface area contributed by atoms with Gasteiger partial charge in [0.1, 0.15) is 17.1 Å². The van der Waals surface area contributed by atoms with Gasteiger partial charge in [0.2, 0.25) is 0 Å². The molecule has 4 nitrogen and oxygen atoms in total. The van der Waals surface area contributed by atoms with Crippen molar-refractivity contribution in [2.45, 2.75) is 19.4 Å². The number of hydrogen-bond acceptors (Lipinski definition) is 3. The summed E-state index contributed by atoms with van der Waals surface area (Å²) >= 11 is 11.8. The highest BCUT2D eigenvalue weighted by Crippen LogP contribution is 2.23. The number of benzene rings is 1. The van der Waals surface area contributed by atoms with E-state index in [4.69, 9.17) is 27.6 Å². The number of carbonyl (C=O) groups is 1. The third-order valence-corrected chi connectivity index (χ3v) is 3.60. The van der Waals surface area contributed by atoms with Crippen molar-refractivity contribution in [3.05, 3.63) is 57.5 Å². The van der Waals surface area contributed by atoms with E-state index in [0.717, 1.165) is 0 Å². The Bertz CT molecular complexity index is 665. The number of nitrogens with one attached hydrogen (secondary N) is 1. The van der Waals surface area contributed by atoms with E-state index in [2.05, 4.69) is 5.32 Å². The molecule has 21 heavy (non-hydrogen) atoms. The molecule has 2 aromatic rings. The van der Waals surface area contributed by atoms with E-state index in [0.29, 0.717) is 21.6 Å². The second-order valence-corrected chi connectivity index (χ2v) is 5.83. The van der Waals surface area contributed by atoms with E-state index in [1.54, 1.807) is 38.1 Å². The molecule has 0 spiro atoms. The maximum Gasteiger partial charge on any atom is 0.252 e. The highest BCUT2D eigenvalue weighted by molar-refractivity contribution is 6.35. The average molecular weight is 328 g/mol. The minimum Gasteiger partial charge on any atom is -0.463 e. The molecule has 6 heteroatoms. The summed E-state index contributed by atoms with van der Waals surface area (Å²) in [6, 6.07) is 8.05. The van der Waals surface area contributed by atoms with Crippen molar-refractivity contribution < 1.29 is 14.3 Å². The Morgan fingerprint density at radius 1 is 1.33 bits per heavy atom. The van der Waals surface area contributed by atoms with Crippen LogP contribution < -0.4 is 5.32 Å². The molecule has 2 rings (SSSR count). The maximum atomic E-state index is 12.1. The Hall–Kier alpha value is -1.49. The minimum absolute atomic E-state index is 0.0123. The summed E-state index contributed by atoms with van der Waals surface area (Å²) in [7, 11) is 0. The molecule has 1 unspecified atom stereocenters. The predicted molar refractivity (Wildman–Crippen MR) is 81.8 cm³/mol. The lowest BCUT2D eigenvalue weighted by molar-refractivity contribution is 0.0323. The van der Waals surface area contributed by atoms with Crippen LogP contribution in [-0.4, -0.2) is 17.6 Å². The first-order chi connectivity index (χ1) is 9.79. The fourth-order valence-corrected chi connectivity index (χ4v) is 2.21. The van der Waals surface area contributed by atoms with Crippen molar-refractivity contribution in [1.29, 1.82) is 0 Å². The molecule has 1 aromatic carbocycles. The summed E-state index contributed by atoms with van der Waals surface area (Å²) in [5, 5.41) is 13.7. The van der Waals surface area contributed by atoms with E-state index in [1.807, 2.05) is 0 Å². The van der Waals surface area contributed by atoms with E-state index in [1.165, 1.54) is 6.07 Å². The van der Waals surface area contributed by atoms with E-state index >= 15 is 0 Å². The van der Waals surface area contributed by atoms with Crippen LogP contribution in [0.1, 0.15) is 28.8 Å². The van der Waals surface area contributed by atoms with Crippen LogP contribution in [0.4, 0.5) is 0 Å². The normalized spacial score (nSPS) is 13.8. The molecule has 1 aromatic heterocycles. The van der Waals surface area contributed by atoms with Crippen LogP contribution in [0.2, 0.25) is 10.0 Å². The third kappa shape index (κ3) is 3.79. The van der Waals surface area contributed by atoms with Crippen molar-refractivity contribution in [2.24, 2.45) is 0 Å². The Balaban J connectivity index is 2.08. The van der Waals surface area contributed by atoms with Crippen molar-refractivity contribution in [3.63, 3.8) is 0 Å². The van der Waals surface area contributed by atoms with Crippen molar-refractivity contribution in [2.75, 3.05) is 6.54 Å². The minimum atomic E-state index is -1.31. The molecule has 0 radical (unpaired) electrons. The molecule has 0 aliphatic rings. The molecular formula is C15H15Cl2NO3. The van der Waals surface area contributed by atoms with Gasteiger partial charge in [-0.1, -0.05) is 23.2 Å². The zero-order valence-corrected chi connectivity index (χ0v) is 13.1. The lowest BCUT2D eigenvalue weighted by Crippen LogP contribution is -2.38. The van der Waals surface area contributed by atoms with Crippen LogP contribution in [0.5, 0.6) is 0 Å². The zero-order chi connectivity index (χ0) is 15.6. The average Bonchev–Trinajstić information content (AvgIpc) is 2.86. The largest absolute Gasteiger partial charge is 0.463 e. The van der Waals surface area contributed by atoms with Gasteiger partial charge in [0.05, 0.1) is 17.1 Å². The molecule has 0 aliphatic heterocycles. The SMILES string of the molecule is Cc1ccc(C(C)(O)CNC(=O)c2cc(Cl)ccc2Cl)o1. The second kappa shape index (κ2) is 6.10. The fourth-order valence-electron chi connectivity index (χ4n) is 1.83. The van der Waals surface area contributed by atoms with Gasteiger partial charge in [-0.3, -0.25) is 4.79 Å². The summed E-state index contributed by atoms with van der Waals surface area (Å²) in [6.07, 6.45) is 0. The monoisotopic (exact) mass is 327 g/mol. The van der Waals surface area contributed by atoms with Gasteiger partial charge in [0, 0.05) is 5.02 Å². The highest BCUT2D eigenvalue weighted by atomic mass is 35.5. The van der Waals surface area contributed by atoms with E-state index < -0.39 is 11.5 Å². The predicted octanol–water partition coefficient (Wildman–Crippen LogP) is 3.53. The molecule has 0 saturated carbocycles. The highest BCUT2D eigenvalue weighted by Gasteiger charge is 2.27. The number of aliphatic hydroxyl groups is 1. The Morgan fingerprint density at radius 3 is 2.67 bits per heavy atom. The second-order valence-electron chi connectivity index (χ2n) is 4.99. The van der Waals surface area contributed by atoms with Crippen LogP contribution in [0.15, 0.2) is 34.7 Å². The molecule has 112 valence electrons. The molecule has 0 aliphatic carbocycles. The Morgan fingerprint density at radius 2 is 2.05 bits per heavy atom. The lowest BCUT2D eigenvalue weighted by Gasteiger charge is -2.21. The molecule has 0 bridgehead atoms. The first kappa shape index (κ1) is 15.9. The first-order valence-electron chi connectivity index (χ1n) is 6.32. The quantitative estimate of drug-likeness (QED) is 0.902. The molecule has 0 saturated heterocycles. The van der Waals surface area contributed by atoms with Gasteiger partial charge in [0.25, 0.3) is 5.91 Å². The zero-order valence-electron chi connectivity index (χ0n) is 11.6. The van der Waals surface area contributed by atoms with Crippen LogP contribution >= 0.6 is 23.2 Å². The van der Waals surface area contributed by atoms with Crippen molar-refractivity contribution >= 4 is 29.1 Å². The number of furan rings is 1. The van der Waals surface area contributed by atoms with Gasteiger partial charge in [-0.25, -0.2) is 0 Å². The van der Waals surface area contributed by atoms with Gasteiger partial charge < -0.3 is 14.8 Å². The van der Waals surface area contributed by atoms with Crippen LogP contribution in [0.25, 0.3) is 0 Å². The lowest BCUT2D eigenvalue weighted by atomic mass is 10.0. The molecule has 1 heterocycles. The number of rotatable bonds is 4. The van der Waals surface area contributed by atoms with Crippen LogP contribution in [0, 0.1) is 6.92 Å². The number of hydrogen-bond donors (Lipinski definition) is 2. The summed E-state index contributed by atoms with van der Waals surface area (Å²) < 4.78 is 5.38. The molecule has 1 amide bonds. The van der Waals surface area contributed by atoms with Gasteiger partial charge in [-0.05, 0) is 44.2 Å². The Labute approximate surface area is 132 Å². The molecular weight excluding hydrogens is 313 g/mol. The number of amides is 1. The summed E-state index contributed by atoms with van der Waals surface area (Å²) in [5.74, 6) is 0.665. The van der Waals surface area contributed by atoms with Crippen molar-refractivity contribution in [3.8, 4) is 0 Å². The standard InChI is InChI=1S/C15H15Cl2NO3/c1-9-3-6-13(21-9)15(2,20)8-18-14(19)11-7-10(16)4-5-12(11)17/h3-7,20H,8H2,1-2H3,(H,18,19). The van der Waals surface area contributed by atoms with Crippen LogP contribution in [0.3, 0.4) is 0 Å². The number of halogens is 2. The summed E-state index contributed by atoms with van der Waals surface area (Å²) in [5.41, 5.74) is -1.05. The topological polar surface area (TPSA) is 62.5 Å². The third-order valence-electron chi connectivity index (χ3n) is 3.04. The van der Waals surface area contributed by atoms with Gasteiger partial charge in [-0.15, -0.1) is 0 Å². The molecule has 2 N–H and O–H groups in total. The smallest absolute Gasteiger partial charge is 0.252 e. The molecule has 1 atom stereocenters. The maximum absolute atomic E-state index is 12.1. The van der Waals surface area contributed by atoms with Gasteiger partial charge >= 0.3 is 0 Å². The Kier molecular flexibility index (Phi) is 4.61. The number of aryl methyl sites for hydroxylation is 1. The van der Waals surface area contributed by atoms with Gasteiger partial charge in [-0.2, -0.15) is 0 Å². The van der Waals surface area contributed by atoms with E-state index in [9.17, 15) is 9.90 Å². The van der Waals surface area contributed by atoms with E-state index in [-0.39, 0.29) is 12.1 Å². The van der Waals surface area contributed by atoms with Crippen molar-refractivity contribution in [1.82, 2.24) is 5.32 Å². The number of carbonyl (C=O) groups excluding carboxylic acids is 1. The summed E-state index contributed by atoms with van der Waals surface area (Å²) in [6.45, 7) is 3.33. The van der Waals surface area contributed by atoms with Crippen LogP contribution in [-0.2, 0) is 5.60 Å². The fraction of sp³-hybridized carbons (Fsp3) is 0.267. The first-order valence-corrected chi connectivity index (χ1v) is 7.08. The molecule has 0 fully saturated rings. The van der Waals surface area contributed by atoms with Gasteiger partial charge in [0.15, 0.2) is 0 Å².